The fraction of sp³-hybridized carbons (Fsp3) is 0.444. The molecule has 0 saturated heterocycles. The topological polar surface area (TPSA) is 63.5 Å². The van der Waals surface area contributed by atoms with E-state index < -0.39 is 0 Å². The summed E-state index contributed by atoms with van der Waals surface area (Å²) in [5, 5.41) is 11.9. The lowest BCUT2D eigenvalue weighted by molar-refractivity contribution is 0.322. The standard InChI is InChI=1S/C18H25Cl2N5O/c1-13-12-14(2)25(24-13)10-5-8-22-18(21-3)23-9-11-26-16-7-4-6-15(19)17(16)20/h4,6-7,12H,5,8-11H2,1-3H3,(H2,21,22,23). The van der Waals surface area contributed by atoms with E-state index in [0.29, 0.717) is 28.9 Å². The maximum Gasteiger partial charge on any atom is 0.191 e. The van der Waals surface area contributed by atoms with Crippen LogP contribution >= 0.6 is 23.2 Å². The van der Waals surface area contributed by atoms with Crippen LogP contribution < -0.4 is 15.4 Å². The Balaban J connectivity index is 1.65. The Kier molecular flexibility index (Phi) is 8.06. The number of halogens is 2. The molecule has 1 heterocycles. The third-order valence-electron chi connectivity index (χ3n) is 3.73. The summed E-state index contributed by atoms with van der Waals surface area (Å²) < 4.78 is 7.66. The van der Waals surface area contributed by atoms with Gasteiger partial charge in [0.2, 0.25) is 0 Å². The molecule has 0 fully saturated rings. The van der Waals surface area contributed by atoms with Crippen molar-refractivity contribution in [1.29, 1.82) is 0 Å². The molecular weight excluding hydrogens is 373 g/mol. The number of aryl methyl sites for hydroxylation is 3. The van der Waals surface area contributed by atoms with Crippen LogP contribution in [0.1, 0.15) is 17.8 Å². The number of nitrogens with one attached hydrogen (secondary N) is 2. The van der Waals surface area contributed by atoms with Crippen molar-refractivity contribution in [2.45, 2.75) is 26.8 Å². The molecule has 0 saturated carbocycles. The van der Waals surface area contributed by atoms with Crippen LogP contribution in [0, 0.1) is 13.8 Å². The zero-order chi connectivity index (χ0) is 18.9. The molecule has 0 radical (unpaired) electrons. The van der Waals surface area contributed by atoms with Crippen molar-refractivity contribution in [2.24, 2.45) is 4.99 Å². The molecule has 26 heavy (non-hydrogen) atoms. The summed E-state index contributed by atoms with van der Waals surface area (Å²) in [4.78, 5) is 4.20. The minimum atomic E-state index is 0.431. The van der Waals surface area contributed by atoms with Gasteiger partial charge in [-0.15, -0.1) is 0 Å². The highest BCUT2D eigenvalue weighted by Crippen LogP contribution is 2.31. The fourth-order valence-electron chi connectivity index (χ4n) is 2.48. The minimum Gasteiger partial charge on any atom is -0.490 e. The molecule has 142 valence electrons. The lowest BCUT2D eigenvalue weighted by atomic mass is 10.3. The van der Waals surface area contributed by atoms with Gasteiger partial charge < -0.3 is 15.4 Å². The van der Waals surface area contributed by atoms with Crippen LogP contribution in [-0.4, -0.2) is 42.5 Å². The largest absolute Gasteiger partial charge is 0.490 e. The molecule has 1 aromatic heterocycles. The van der Waals surface area contributed by atoms with Gasteiger partial charge in [0.15, 0.2) is 5.96 Å². The highest BCUT2D eigenvalue weighted by molar-refractivity contribution is 6.42. The van der Waals surface area contributed by atoms with Gasteiger partial charge in [0.25, 0.3) is 0 Å². The van der Waals surface area contributed by atoms with Crippen LogP contribution in [-0.2, 0) is 6.54 Å². The van der Waals surface area contributed by atoms with Gasteiger partial charge in [0.05, 0.1) is 17.3 Å². The molecule has 2 aromatic rings. The monoisotopic (exact) mass is 397 g/mol. The number of hydrogen-bond donors (Lipinski definition) is 2. The van der Waals surface area contributed by atoms with Gasteiger partial charge in [-0.25, -0.2) is 0 Å². The van der Waals surface area contributed by atoms with E-state index >= 15 is 0 Å². The highest BCUT2D eigenvalue weighted by Gasteiger charge is 2.05. The Hall–Kier alpha value is -1.92. The highest BCUT2D eigenvalue weighted by atomic mass is 35.5. The molecule has 0 atom stereocenters. The van der Waals surface area contributed by atoms with Crippen LogP contribution in [0.4, 0.5) is 0 Å². The van der Waals surface area contributed by atoms with Gasteiger partial charge in [-0.05, 0) is 38.5 Å². The number of hydrogen-bond acceptors (Lipinski definition) is 3. The SMILES string of the molecule is CN=C(NCCCn1nc(C)cc1C)NCCOc1cccc(Cl)c1Cl. The van der Waals surface area contributed by atoms with Crippen molar-refractivity contribution in [3.8, 4) is 5.75 Å². The summed E-state index contributed by atoms with van der Waals surface area (Å²) in [6, 6.07) is 7.41. The maximum atomic E-state index is 6.09. The van der Waals surface area contributed by atoms with Gasteiger partial charge in [0.1, 0.15) is 17.4 Å². The first kappa shape index (κ1) is 20.4. The normalized spacial score (nSPS) is 11.5. The van der Waals surface area contributed by atoms with Crippen LogP contribution in [0.15, 0.2) is 29.3 Å². The molecule has 8 heteroatoms. The summed E-state index contributed by atoms with van der Waals surface area (Å²) in [7, 11) is 1.74. The number of aliphatic imine (C=N–C) groups is 1. The predicted molar refractivity (Wildman–Crippen MR) is 108 cm³/mol. The predicted octanol–water partition coefficient (Wildman–Crippen LogP) is 3.44. The number of ether oxygens (including phenoxy) is 1. The number of rotatable bonds is 8. The summed E-state index contributed by atoms with van der Waals surface area (Å²) in [5.41, 5.74) is 2.23. The Bertz CT molecular complexity index is 745. The van der Waals surface area contributed by atoms with Crippen molar-refractivity contribution in [1.82, 2.24) is 20.4 Å². The van der Waals surface area contributed by atoms with E-state index in [1.807, 2.05) is 11.6 Å². The van der Waals surface area contributed by atoms with Gasteiger partial charge in [-0.2, -0.15) is 5.10 Å². The first-order valence-electron chi connectivity index (χ1n) is 8.53. The third-order valence-corrected chi connectivity index (χ3v) is 4.54. The van der Waals surface area contributed by atoms with E-state index in [-0.39, 0.29) is 0 Å². The Morgan fingerprint density at radius 1 is 1.23 bits per heavy atom. The van der Waals surface area contributed by atoms with Crippen molar-refractivity contribution in [3.63, 3.8) is 0 Å². The summed E-state index contributed by atoms with van der Waals surface area (Å²) >= 11 is 12.1. The average Bonchev–Trinajstić information content (AvgIpc) is 2.94. The molecule has 2 rings (SSSR count). The lowest BCUT2D eigenvalue weighted by Gasteiger charge is -2.13. The van der Waals surface area contributed by atoms with E-state index in [9.17, 15) is 0 Å². The molecule has 0 unspecified atom stereocenters. The molecule has 6 nitrogen and oxygen atoms in total. The van der Waals surface area contributed by atoms with E-state index in [2.05, 4.69) is 33.7 Å². The van der Waals surface area contributed by atoms with E-state index in [0.717, 1.165) is 31.2 Å². The third kappa shape index (κ3) is 6.11. The molecular formula is C18H25Cl2N5O. The van der Waals surface area contributed by atoms with E-state index in [1.54, 1.807) is 25.2 Å². The average molecular weight is 398 g/mol. The lowest BCUT2D eigenvalue weighted by Crippen LogP contribution is -2.39. The summed E-state index contributed by atoms with van der Waals surface area (Å²) in [5.74, 6) is 1.31. The first-order valence-corrected chi connectivity index (χ1v) is 9.29. The first-order chi connectivity index (χ1) is 12.5. The molecule has 2 N–H and O–H groups in total. The quantitative estimate of drug-likeness (QED) is 0.406. The van der Waals surface area contributed by atoms with Crippen molar-refractivity contribution >= 4 is 29.2 Å². The number of aromatic nitrogens is 2. The summed E-state index contributed by atoms with van der Waals surface area (Å²) in [6.45, 7) is 6.80. The van der Waals surface area contributed by atoms with Gasteiger partial charge >= 0.3 is 0 Å². The fourth-order valence-corrected chi connectivity index (χ4v) is 2.83. The van der Waals surface area contributed by atoms with Crippen molar-refractivity contribution in [3.05, 3.63) is 45.7 Å². The number of guanidine groups is 1. The van der Waals surface area contributed by atoms with Crippen LogP contribution in [0.5, 0.6) is 5.75 Å². The number of nitrogens with zero attached hydrogens (tertiary/aromatic N) is 3. The minimum absolute atomic E-state index is 0.431. The Morgan fingerprint density at radius 2 is 2.00 bits per heavy atom. The molecule has 1 aromatic carbocycles. The molecule has 0 bridgehead atoms. The maximum absolute atomic E-state index is 6.09. The second kappa shape index (κ2) is 10.3. The van der Waals surface area contributed by atoms with Gasteiger partial charge in [-0.3, -0.25) is 9.67 Å². The van der Waals surface area contributed by atoms with E-state index in [1.165, 1.54) is 5.69 Å². The molecule has 0 aliphatic carbocycles. The molecule has 0 aliphatic rings. The smallest absolute Gasteiger partial charge is 0.191 e. The van der Waals surface area contributed by atoms with E-state index in [4.69, 9.17) is 27.9 Å². The second-order valence-electron chi connectivity index (χ2n) is 5.83. The zero-order valence-electron chi connectivity index (χ0n) is 15.4. The molecule has 0 amide bonds. The summed E-state index contributed by atoms with van der Waals surface area (Å²) in [6.07, 6.45) is 0.956. The van der Waals surface area contributed by atoms with Gasteiger partial charge in [-0.1, -0.05) is 29.3 Å². The van der Waals surface area contributed by atoms with Crippen LogP contribution in [0.3, 0.4) is 0 Å². The van der Waals surface area contributed by atoms with Crippen molar-refractivity contribution in [2.75, 3.05) is 26.7 Å². The second-order valence-corrected chi connectivity index (χ2v) is 6.62. The molecule has 0 spiro atoms. The zero-order valence-corrected chi connectivity index (χ0v) is 16.9. The van der Waals surface area contributed by atoms with Crippen molar-refractivity contribution < 1.29 is 4.74 Å². The molecule has 0 aliphatic heterocycles. The van der Waals surface area contributed by atoms with Crippen LogP contribution in [0.2, 0.25) is 10.0 Å². The van der Waals surface area contributed by atoms with Gasteiger partial charge in [0, 0.05) is 25.8 Å². The Labute approximate surface area is 164 Å². The number of benzene rings is 1. The Morgan fingerprint density at radius 3 is 2.69 bits per heavy atom. The van der Waals surface area contributed by atoms with Crippen LogP contribution in [0.25, 0.3) is 0 Å².